The molecule has 1 heterocycles. The molecule has 0 spiro atoms. The fourth-order valence-corrected chi connectivity index (χ4v) is 2.78. The predicted molar refractivity (Wildman–Crippen MR) is 82.2 cm³/mol. The molecule has 0 aliphatic carbocycles. The van der Waals surface area contributed by atoms with E-state index in [2.05, 4.69) is 5.32 Å². The Morgan fingerprint density at radius 2 is 2.20 bits per heavy atom. The average Bonchev–Trinajstić information content (AvgIpc) is 2.96. The number of halogens is 1. The molecule has 1 unspecified atom stereocenters. The first-order valence-corrected chi connectivity index (χ1v) is 7.57. The van der Waals surface area contributed by atoms with Crippen molar-refractivity contribution in [2.75, 3.05) is 13.7 Å². The van der Waals surface area contributed by atoms with Gasteiger partial charge in [-0.25, -0.2) is 0 Å². The summed E-state index contributed by atoms with van der Waals surface area (Å²) in [5.41, 5.74) is 1.91. The van der Waals surface area contributed by atoms with Crippen molar-refractivity contribution >= 4 is 28.8 Å². The van der Waals surface area contributed by atoms with Crippen LogP contribution in [0.5, 0.6) is 0 Å². The second-order valence-corrected chi connectivity index (χ2v) is 5.54. The van der Waals surface area contributed by atoms with Crippen molar-refractivity contribution in [2.24, 2.45) is 0 Å². The summed E-state index contributed by atoms with van der Waals surface area (Å²) in [6, 6.07) is 9.36. The number of methoxy groups -OCH3 is 1. The van der Waals surface area contributed by atoms with E-state index in [9.17, 15) is 4.79 Å². The largest absolute Gasteiger partial charge is 0.375 e. The quantitative estimate of drug-likeness (QED) is 0.887. The highest BCUT2D eigenvalue weighted by Gasteiger charge is 2.13. The van der Waals surface area contributed by atoms with Crippen molar-refractivity contribution in [1.82, 2.24) is 5.32 Å². The van der Waals surface area contributed by atoms with Crippen LogP contribution in [-0.4, -0.2) is 19.6 Å². The predicted octanol–water partition coefficient (Wildman–Crippen LogP) is 3.45. The van der Waals surface area contributed by atoms with Crippen LogP contribution in [0.3, 0.4) is 0 Å². The average molecular weight is 310 g/mol. The maximum atomic E-state index is 11.9. The lowest BCUT2D eigenvalue weighted by Crippen LogP contribution is -2.30. The van der Waals surface area contributed by atoms with Crippen LogP contribution in [0.1, 0.15) is 17.2 Å². The van der Waals surface area contributed by atoms with Crippen LogP contribution >= 0.6 is 22.9 Å². The zero-order valence-corrected chi connectivity index (χ0v) is 12.7. The van der Waals surface area contributed by atoms with Crippen LogP contribution < -0.4 is 5.32 Å². The summed E-state index contributed by atoms with van der Waals surface area (Å²) in [7, 11) is 1.64. The Morgan fingerprint density at radius 3 is 2.85 bits per heavy atom. The molecule has 1 aromatic heterocycles. The van der Waals surface area contributed by atoms with Gasteiger partial charge in [0.25, 0.3) is 0 Å². The Morgan fingerprint density at radius 1 is 1.40 bits per heavy atom. The third-order valence-electron chi connectivity index (χ3n) is 2.99. The van der Waals surface area contributed by atoms with E-state index in [-0.39, 0.29) is 18.4 Å². The molecule has 0 radical (unpaired) electrons. The van der Waals surface area contributed by atoms with Crippen molar-refractivity contribution in [2.45, 2.75) is 12.5 Å². The van der Waals surface area contributed by atoms with Crippen LogP contribution in [0.2, 0.25) is 5.02 Å². The van der Waals surface area contributed by atoms with E-state index >= 15 is 0 Å². The van der Waals surface area contributed by atoms with Crippen molar-refractivity contribution in [3.8, 4) is 0 Å². The number of hydrogen-bond acceptors (Lipinski definition) is 3. The Balaban J connectivity index is 1.87. The molecule has 2 rings (SSSR count). The maximum absolute atomic E-state index is 11.9. The summed E-state index contributed by atoms with van der Waals surface area (Å²) in [5, 5.41) is 7.51. The number of thiophene rings is 1. The molecule has 0 fully saturated rings. The summed E-state index contributed by atoms with van der Waals surface area (Å²) < 4.78 is 5.38. The standard InChI is InChI=1S/C15H16ClNO2S/c1-19-14(12-6-7-20-10-12)9-17-15(18)8-11-4-2-3-5-13(11)16/h2-7,10,14H,8-9H2,1H3,(H,17,18). The molecule has 1 atom stereocenters. The molecule has 1 aromatic carbocycles. The number of rotatable bonds is 6. The van der Waals surface area contributed by atoms with Crippen LogP contribution in [-0.2, 0) is 16.0 Å². The second-order valence-electron chi connectivity index (χ2n) is 4.35. The van der Waals surface area contributed by atoms with E-state index in [0.29, 0.717) is 11.6 Å². The molecule has 2 aromatic rings. The number of carbonyl (C=O) groups is 1. The van der Waals surface area contributed by atoms with Gasteiger partial charge in [0, 0.05) is 18.7 Å². The minimum absolute atomic E-state index is 0.0598. The van der Waals surface area contributed by atoms with E-state index in [4.69, 9.17) is 16.3 Å². The number of amides is 1. The summed E-state index contributed by atoms with van der Waals surface area (Å²) in [5.74, 6) is -0.0598. The van der Waals surface area contributed by atoms with Gasteiger partial charge in [-0.2, -0.15) is 11.3 Å². The molecular formula is C15H16ClNO2S. The Labute approximate surface area is 127 Å². The van der Waals surface area contributed by atoms with Gasteiger partial charge in [0.05, 0.1) is 6.42 Å². The van der Waals surface area contributed by atoms with Gasteiger partial charge >= 0.3 is 0 Å². The number of ether oxygens (including phenoxy) is 1. The Bertz CT molecular complexity index is 557. The molecular weight excluding hydrogens is 294 g/mol. The molecule has 1 N–H and O–H groups in total. The highest BCUT2D eigenvalue weighted by atomic mass is 35.5. The van der Waals surface area contributed by atoms with E-state index < -0.39 is 0 Å². The maximum Gasteiger partial charge on any atom is 0.224 e. The van der Waals surface area contributed by atoms with Crippen LogP contribution in [0, 0.1) is 0 Å². The van der Waals surface area contributed by atoms with Gasteiger partial charge in [0.1, 0.15) is 6.10 Å². The van der Waals surface area contributed by atoms with E-state index in [1.165, 1.54) is 0 Å². The molecule has 1 amide bonds. The van der Waals surface area contributed by atoms with Crippen molar-refractivity contribution in [3.63, 3.8) is 0 Å². The highest BCUT2D eigenvalue weighted by Crippen LogP contribution is 2.19. The summed E-state index contributed by atoms with van der Waals surface area (Å²) in [6.07, 6.45) is 0.163. The van der Waals surface area contributed by atoms with Crippen LogP contribution in [0.25, 0.3) is 0 Å². The highest BCUT2D eigenvalue weighted by molar-refractivity contribution is 7.07. The first-order chi connectivity index (χ1) is 9.70. The van der Waals surface area contributed by atoms with Gasteiger partial charge in [-0.1, -0.05) is 29.8 Å². The van der Waals surface area contributed by atoms with E-state index in [1.54, 1.807) is 24.5 Å². The zero-order chi connectivity index (χ0) is 14.4. The SMILES string of the molecule is COC(CNC(=O)Cc1ccccc1Cl)c1ccsc1. The van der Waals surface area contributed by atoms with Gasteiger partial charge in [0.15, 0.2) is 0 Å². The molecule has 106 valence electrons. The summed E-state index contributed by atoms with van der Waals surface area (Å²) in [4.78, 5) is 11.9. The lowest BCUT2D eigenvalue weighted by atomic mass is 10.1. The fraction of sp³-hybridized carbons (Fsp3) is 0.267. The number of carbonyl (C=O) groups excluding carboxylic acids is 1. The number of nitrogens with one attached hydrogen (secondary N) is 1. The molecule has 0 saturated heterocycles. The van der Waals surface area contributed by atoms with E-state index in [0.717, 1.165) is 11.1 Å². The van der Waals surface area contributed by atoms with Crippen molar-refractivity contribution in [3.05, 3.63) is 57.2 Å². The smallest absolute Gasteiger partial charge is 0.224 e. The minimum Gasteiger partial charge on any atom is -0.375 e. The molecule has 5 heteroatoms. The molecule has 3 nitrogen and oxygen atoms in total. The summed E-state index contributed by atoms with van der Waals surface area (Å²) >= 11 is 7.65. The van der Waals surface area contributed by atoms with Crippen molar-refractivity contribution < 1.29 is 9.53 Å². The molecule has 0 saturated carbocycles. The van der Waals surface area contributed by atoms with Crippen LogP contribution in [0.4, 0.5) is 0 Å². The van der Waals surface area contributed by atoms with Gasteiger partial charge in [-0.05, 0) is 34.0 Å². The third-order valence-corrected chi connectivity index (χ3v) is 4.06. The van der Waals surface area contributed by atoms with Gasteiger partial charge < -0.3 is 10.1 Å². The molecule has 0 aliphatic heterocycles. The van der Waals surface area contributed by atoms with Crippen molar-refractivity contribution in [1.29, 1.82) is 0 Å². The molecule has 20 heavy (non-hydrogen) atoms. The molecule has 0 bridgehead atoms. The number of hydrogen-bond donors (Lipinski definition) is 1. The lowest BCUT2D eigenvalue weighted by molar-refractivity contribution is -0.121. The Hall–Kier alpha value is -1.36. The first kappa shape index (κ1) is 15.0. The van der Waals surface area contributed by atoms with Gasteiger partial charge in [0.2, 0.25) is 5.91 Å². The number of benzene rings is 1. The minimum atomic E-state index is -0.114. The normalized spacial score (nSPS) is 12.1. The lowest BCUT2D eigenvalue weighted by Gasteiger charge is -2.15. The zero-order valence-electron chi connectivity index (χ0n) is 11.1. The molecule has 0 aliphatic rings. The van der Waals surface area contributed by atoms with Gasteiger partial charge in [-0.15, -0.1) is 0 Å². The van der Waals surface area contributed by atoms with E-state index in [1.807, 2.05) is 35.0 Å². The summed E-state index contributed by atoms with van der Waals surface area (Å²) in [6.45, 7) is 0.455. The third kappa shape index (κ3) is 4.07. The fourth-order valence-electron chi connectivity index (χ4n) is 1.88. The topological polar surface area (TPSA) is 38.3 Å². The monoisotopic (exact) mass is 309 g/mol. The van der Waals surface area contributed by atoms with Crippen LogP contribution in [0.15, 0.2) is 41.1 Å². The van der Waals surface area contributed by atoms with Gasteiger partial charge in [-0.3, -0.25) is 4.79 Å². The second kappa shape index (κ2) is 7.43. The first-order valence-electron chi connectivity index (χ1n) is 6.25. The Kier molecular flexibility index (Phi) is 5.59.